The molecule has 1 saturated heterocycles. The molecule has 0 saturated carbocycles. The van der Waals surface area contributed by atoms with E-state index in [-0.39, 0.29) is 30.2 Å². The number of carbonyl (C=O) groups excluding carboxylic acids is 3. The molecule has 1 aromatic rings. The van der Waals surface area contributed by atoms with Gasteiger partial charge in [0.1, 0.15) is 6.04 Å². The van der Waals surface area contributed by atoms with E-state index < -0.39 is 6.04 Å². The van der Waals surface area contributed by atoms with Crippen LogP contribution in [-0.4, -0.2) is 41.2 Å². The van der Waals surface area contributed by atoms with E-state index in [1.807, 2.05) is 25.1 Å². The zero-order valence-electron chi connectivity index (χ0n) is 13.7. The maximum atomic E-state index is 12.8. The lowest BCUT2D eigenvalue weighted by atomic mass is 10.0. The Bertz CT molecular complexity index is 686. The van der Waals surface area contributed by atoms with Crippen LogP contribution in [0, 0.1) is 0 Å². The Balaban J connectivity index is 1.78. The van der Waals surface area contributed by atoms with Crippen molar-refractivity contribution < 1.29 is 14.4 Å². The number of rotatable bonds is 5. The minimum atomic E-state index is -0.576. The van der Waals surface area contributed by atoms with Gasteiger partial charge in [-0.2, -0.15) is 0 Å². The fraction of sp³-hybridized carbons (Fsp3) is 0.471. The third-order valence-electron chi connectivity index (χ3n) is 4.42. The normalized spacial score (nSPS) is 21.7. The number of imide groups is 1. The molecule has 2 aliphatic heterocycles. The van der Waals surface area contributed by atoms with Crippen LogP contribution in [0.2, 0.25) is 0 Å². The second kappa shape index (κ2) is 6.70. The summed E-state index contributed by atoms with van der Waals surface area (Å²) in [5.41, 5.74) is 8.23. The summed E-state index contributed by atoms with van der Waals surface area (Å²) in [5, 5.41) is 5.56. The van der Waals surface area contributed by atoms with E-state index in [2.05, 4.69) is 10.6 Å². The summed E-state index contributed by atoms with van der Waals surface area (Å²) in [4.78, 5) is 37.8. The molecule has 7 heteroatoms. The highest BCUT2D eigenvalue weighted by atomic mass is 16.2. The third kappa shape index (κ3) is 3.18. The number of hydrogen-bond acceptors (Lipinski definition) is 5. The van der Waals surface area contributed by atoms with Crippen molar-refractivity contribution in [1.82, 2.24) is 15.5 Å². The molecule has 2 aliphatic rings. The second-order valence-corrected chi connectivity index (χ2v) is 6.46. The van der Waals surface area contributed by atoms with Gasteiger partial charge in [0.25, 0.3) is 5.91 Å². The summed E-state index contributed by atoms with van der Waals surface area (Å²) in [6, 6.07) is 5.21. The van der Waals surface area contributed by atoms with E-state index in [1.165, 1.54) is 0 Å². The number of nitrogens with two attached hydrogens (primary N) is 1. The number of fused-ring (bicyclic) bond motifs is 1. The summed E-state index contributed by atoms with van der Waals surface area (Å²) in [6.07, 6.45) is 0.641. The highest BCUT2D eigenvalue weighted by Gasteiger charge is 2.39. The molecule has 4 N–H and O–H groups in total. The van der Waals surface area contributed by atoms with Crippen LogP contribution in [0.1, 0.15) is 41.3 Å². The molecule has 3 rings (SSSR count). The summed E-state index contributed by atoms with van der Waals surface area (Å²) in [5.74, 6) is -0.803. The van der Waals surface area contributed by atoms with Gasteiger partial charge in [0.05, 0.1) is 0 Å². The van der Waals surface area contributed by atoms with Crippen LogP contribution in [-0.2, 0) is 22.7 Å². The average molecular weight is 330 g/mol. The summed E-state index contributed by atoms with van der Waals surface area (Å²) >= 11 is 0. The van der Waals surface area contributed by atoms with Crippen molar-refractivity contribution in [1.29, 1.82) is 0 Å². The molecule has 3 amide bonds. The van der Waals surface area contributed by atoms with Crippen LogP contribution in [0.3, 0.4) is 0 Å². The van der Waals surface area contributed by atoms with Crippen molar-refractivity contribution in [2.45, 2.75) is 44.9 Å². The predicted molar refractivity (Wildman–Crippen MR) is 87.8 cm³/mol. The van der Waals surface area contributed by atoms with Crippen LogP contribution in [0.5, 0.6) is 0 Å². The first kappa shape index (κ1) is 16.6. The Hall–Kier alpha value is -2.25. The van der Waals surface area contributed by atoms with Gasteiger partial charge in [-0.15, -0.1) is 0 Å². The lowest BCUT2D eigenvalue weighted by Crippen LogP contribution is -2.52. The standard InChI is InChI=1S/C17H22N4O3/c1-10(18)7-19-8-11-3-2-4-12-9-21(17(24)15(11)12)13-5-6-14(22)20-16(13)23/h2-4,10,13,19H,5-9,18H2,1H3,(H,20,22,23)/t10-,13?/m0/s1. The van der Waals surface area contributed by atoms with Crippen molar-refractivity contribution in [2.24, 2.45) is 5.73 Å². The second-order valence-electron chi connectivity index (χ2n) is 6.46. The highest BCUT2D eigenvalue weighted by Crippen LogP contribution is 2.29. The molecule has 0 aliphatic carbocycles. The molecule has 0 radical (unpaired) electrons. The number of carbonyl (C=O) groups is 3. The molecule has 2 heterocycles. The zero-order chi connectivity index (χ0) is 17.3. The van der Waals surface area contributed by atoms with E-state index in [1.54, 1.807) is 4.90 Å². The largest absolute Gasteiger partial charge is 0.327 e. The first-order chi connectivity index (χ1) is 11.5. The molecule has 0 aromatic heterocycles. The van der Waals surface area contributed by atoms with Gasteiger partial charge in [0.2, 0.25) is 11.8 Å². The SMILES string of the molecule is C[C@H](N)CNCc1cccc2c1C(=O)N(C1CCC(=O)NC1=O)C2. The minimum absolute atomic E-state index is 0.0393. The number of nitrogens with one attached hydrogen (secondary N) is 2. The van der Waals surface area contributed by atoms with Crippen LogP contribution >= 0.6 is 0 Å². The van der Waals surface area contributed by atoms with Gasteiger partial charge in [0, 0.05) is 37.7 Å². The first-order valence-corrected chi connectivity index (χ1v) is 8.19. The molecule has 128 valence electrons. The van der Waals surface area contributed by atoms with Crippen LogP contribution in [0.4, 0.5) is 0 Å². The fourth-order valence-electron chi connectivity index (χ4n) is 3.27. The third-order valence-corrected chi connectivity index (χ3v) is 4.42. The molecule has 2 atom stereocenters. The van der Waals surface area contributed by atoms with E-state index >= 15 is 0 Å². The van der Waals surface area contributed by atoms with Crippen LogP contribution in [0.15, 0.2) is 18.2 Å². The van der Waals surface area contributed by atoms with Crippen molar-refractivity contribution in [3.63, 3.8) is 0 Å². The van der Waals surface area contributed by atoms with Gasteiger partial charge in [-0.3, -0.25) is 19.7 Å². The smallest absolute Gasteiger partial charge is 0.255 e. The van der Waals surface area contributed by atoms with Gasteiger partial charge >= 0.3 is 0 Å². The summed E-state index contributed by atoms with van der Waals surface area (Å²) in [6.45, 7) is 3.54. The monoisotopic (exact) mass is 330 g/mol. The predicted octanol–water partition coefficient (Wildman–Crippen LogP) is -0.116. The van der Waals surface area contributed by atoms with Gasteiger partial charge in [-0.25, -0.2) is 0 Å². The molecule has 0 bridgehead atoms. The lowest BCUT2D eigenvalue weighted by Gasteiger charge is -2.29. The molecule has 24 heavy (non-hydrogen) atoms. The van der Waals surface area contributed by atoms with E-state index in [4.69, 9.17) is 5.73 Å². The molecular formula is C17H22N4O3. The molecule has 1 unspecified atom stereocenters. The van der Waals surface area contributed by atoms with E-state index in [9.17, 15) is 14.4 Å². The van der Waals surface area contributed by atoms with Gasteiger partial charge in [-0.1, -0.05) is 18.2 Å². The fourth-order valence-corrected chi connectivity index (χ4v) is 3.27. The molecule has 1 fully saturated rings. The number of piperidine rings is 1. The van der Waals surface area contributed by atoms with Crippen LogP contribution in [0.25, 0.3) is 0 Å². The topological polar surface area (TPSA) is 105 Å². The maximum absolute atomic E-state index is 12.8. The quantitative estimate of drug-likeness (QED) is 0.653. The Morgan fingerprint density at radius 2 is 2.17 bits per heavy atom. The van der Waals surface area contributed by atoms with Crippen molar-refractivity contribution in [3.8, 4) is 0 Å². The molecule has 1 aromatic carbocycles. The zero-order valence-corrected chi connectivity index (χ0v) is 13.7. The van der Waals surface area contributed by atoms with Crippen molar-refractivity contribution >= 4 is 17.7 Å². The van der Waals surface area contributed by atoms with Gasteiger partial charge < -0.3 is 16.0 Å². The number of nitrogens with zero attached hydrogens (tertiary/aromatic N) is 1. The van der Waals surface area contributed by atoms with Crippen molar-refractivity contribution in [2.75, 3.05) is 6.54 Å². The first-order valence-electron chi connectivity index (χ1n) is 8.19. The van der Waals surface area contributed by atoms with Gasteiger partial charge in [0.15, 0.2) is 0 Å². The maximum Gasteiger partial charge on any atom is 0.255 e. The molecule has 0 spiro atoms. The van der Waals surface area contributed by atoms with E-state index in [0.29, 0.717) is 31.6 Å². The molecular weight excluding hydrogens is 308 g/mol. The van der Waals surface area contributed by atoms with Gasteiger partial charge in [-0.05, 0) is 24.5 Å². The average Bonchev–Trinajstić information content (AvgIpc) is 2.85. The summed E-state index contributed by atoms with van der Waals surface area (Å²) in [7, 11) is 0. The highest BCUT2D eigenvalue weighted by molar-refractivity contribution is 6.05. The Labute approximate surface area is 140 Å². The number of hydrogen-bond donors (Lipinski definition) is 3. The molecule has 7 nitrogen and oxygen atoms in total. The lowest BCUT2D eigenvalue weighted by molar-refractivity contribution is -0.136. The number of amides is 3. The van der Waals surface area contributed by atoms with E-state index in [0.717, 1.165) is 11.1 Å². The van der Waals surface area contributed by atoms with Crippen LogP contribution < -0.4 is 16.4 Å². The Morgan fingerprint density at radius 3 is 2.88 bits per heavy atom. The Morgan fingerprint density at radius 1 is 1.38 bits per heavy atom. The Kier molecular flexibility index (Phi) is 4.64. The number of benzene rings is 1. The minimum Gasteiger partial charge on any atom is -0.327 e. The summed E-state index contributed by atoms with van der Waals surface area (Å²) < 4.78 is 0. The van der Waals surface area contributed by atoms with Crippen molar-refractivity contribution in [3.05, 3.63) is 34.9 Å².